The van der Waals surface area contributed by atoms with E-state index in [9.17, 15) is 0 Å². The molecule has 3 nitrogen and oxygen atoms in total. The van der Waals surface area contributed by atoms with Gasteiger partial charge in [0.2, 0.25) is 0 Å². The van der Waals surface area contributed by atoms with Crippen LogP contribution in [0.4, 0.5) is 0 Å². The fraction of sp³-hybridized carbons (Fsp3) is 1.00. The number of aliphatic hydroxyl groups is 1. The van der Waals surface area contributed by atoms with Crippen molar-refractivity contribution in [1.29, 1.82) is 0 Å². The van der Waals surface area contributed by atoms with Crippen LogP contribution in [0.5, 0.6) is 0 Å². The number of hydrogen-bond acceptors (Lipinski definition) is 3. The molecule has 1 aliphatic rings. The SMILES string of the molecule is CC1CN(CCCCCO)C(C)(C)CO1. The number of rotatable bonds is 5. The molecule has 90 valence electrons. The van der Waals surface area contributed by atoms with Gasteiger partial charge in [-0.2, -0.15) is 0 Å². The average Bonchev–Trinajstić information content (AvgIpc) is 2.18. The third-order valence-corrected chi connectivity index (χ3v) is 3.14. The van der Waals surface area contributed by atoms with Gasteiger partial charge in [0.1, 0.15) is 0 Å². The van der Waals surface area contributed by atoms with Gasteiger partial charge in [0, 0.05) is 18.7 Å². The van der Waals surface area contributed by atoms with E-state index in [1.807, 2.05) is 0 Å². The number of aliphatic hydroxyl groups excluding tert-OH is 1. The van der Waals surface area contributed by atoms with Crippen LogP contribution in [-0.2, 0) is 4.74 Å². The second kappa shape index (κ2) is 5.83. The van der Waals surface area contributed by atoms with E-state index >= 15 is 0 Å². The summed E-state index contributed by atoms with van der Waals surface area (Å²) in [5, 5.41) is 8.71. The highest BCUT2D eigenvalue weighted by Gasteiger charge is 2.32. The van der Waals surface area contributed by atoms with Crippen LogP contribution in [0, 0.1) is 0 Å². The van der Waals surface area contributed by atoms with Crippen molar-refractivity contribution < 1.29 is 9.84 Å². The van der Waals surface area contributed by atoms with Gasteiger partial charge in [0.15, 0.2) is 0 Å². The maximum Gasteiger partial charge on any atom is 0.0675 e. The first-order chi connectivity index (χ1) is 7.06. The lowest BCUT2D eigenvalue weighted by molar-refractivity contribution is -0.0915. The molecule has 15 heavy (non-hydrogen) atoms. The number of morpholine rings is 1. The van der Waals surface area contributed by atoms with Crippen molar-refractivity contribution in [3.63, 3.8) is 0 Å². The summed E-state index contributed by atoms with van der Waals surface area (Å²) >= 11 is 0. The van der Waals surface area contributed by atoms with Gasteiger partial charge in [-0.25, -0.2) is 0 Å². The first-order valence-corrected chi connectivity index (χ1v) is 6.04. The molecule has 1 fully saturated rings. The van der Waals surface area contributed by atoms with Crippen LogP contribution in [0.15, 0.2) is 0 Å². The van der Waals surface area contributed by atoms with Crippen LogP contribution in [0.3, 0.4) is 0 Å². The fourth-order valence-electron chi connectivity index (χ4n) is 2.03. The Hall–Kier alpha value is -0.120. The Labute approximate surface area is 93.4 Å². The van der Waals surface area contributed by atoms with E-state index in [1.54, 1.807) is 0 Å². The van der Waals surface area contributed by atoms with Crippen LogP contribution in [0.1, 0.15) is 40.0 Å². The average molecular weight is 215 g/mol. The molecule has 0 bridgehead atoms. The Morgan fingerprint density at radius 2 is 2.07 bits per heavy atom. The molecular formula is C12H25NO2. The molecule has 1 aliphatic heterocycles. The molecule has 1 N–H and O–H groups in total. The van der Waals surface area contributed by atoms with Crippen molar-refractivity contribution in [1.82, 2.24) is 4.90 Å². The summed E-state index contributed by atoms with van der Waals surface area (Å²) in [5.74, 6) is 0. The summed E-state index contributed by atoms with van der Waals surface area (Å²) in [7, 11) is 0. The number of unbranched alkanes of at least 4 members (excludes halogenated alkanes) is 2. The zero-order valence-corrected chi connectivity index (χ0v) is 10.3. The fourth-order valence-corrected chi connectivity index (χ4v) is 2.03. The zero-order chi connectivity index (χ0) is 11.3. The lowest BCUT2D eigenvalue weighted by Crippen LogP contribution is -2.55. The molecule has 0 spiro atoms. The summed E-state index contributed by atoms with van der Waals surface area (Å²) in [6.07, 6.45) is 3.59. The van der Waals surface area contributed by atoms with Gasteiger partial charge < -0.3 is 9.84 Å². The third kappa shape index (κ3) is 4.09. The Morgan fingerprint density at radius 1 is 1.33 bits per heavy atom. The summed E-state index contributed by atoms with van der Waals surface area (Å²) in [6.45, 7) is 9.93. The lowest BCUT2D eigenvalue weighted by atomic mass is 10.0. The summed E-state index contributed by atoms with van der Waals surface area (Å²) in [4.78, 5) is 2.51. The molecule has 0 radical (unpaired) electrons. The van der Waals surface area contributed by atoms with Crippen molar-refractivity contribution in [2.75, 3.05) is 26.3 Å². The summed E-state index contributed by atoms with van der Waals surface area (Å²) < 4.78 is 5.67. The van der Waals surface area contributed by atoms with Crippen LogP contribution in [0.2, 0.25) is 0 Å². The quantitative estimate of drug-likeness (QED) is 0.708. The number of hydrogen-bond donors (Lipinski definition) is 1. The molecule has 3 heteroatoms. The van der Waals surface area contributed by atoms with Crippen molar-refractivity contribution >= 4 is 0 Å². The van der Waals surface area contributed by atoms with E-state index < -0.39 is 0 Å². The van der Waals surface area contributed by atoms with Gasteiger partial charge in [-0.3, -0.25) is 4.90 Å². The minimum Gasteiger partial charge on any atom is -0.396 e. The molecule has 1 unspecified atom stereocenters. The molecule has 0 amide bonds. The zero-order valence-electron chi connectivity index (χ0n) is 10.3. The predicted molar refractivity (Wildman–Crippen MR) is 62.0 cm³/mol. The minimum atomic E-state index is 0.172. The lowest BCUT2D eigenvalue weighted by Gasteiger charge is -2.44. The van der Waals surface area contributed by atoms with Gasteiger partial charge in [0.05, 0.1) is 12.7 Å². The van der Waals surface area contributed by atoms with Crippen LogP contribution < -0.4 is 0 Å². The van der Waals surface area contributed by atoms with Crippen LogP contribution in [-0.4, -0.2) is 48.0 Å². The van der Waals surface area contributed by atoms with Crippen LogP contribution in [0.25, 0.3) is 0 Å². The van der Waals surface area contributed by atoms with Gasteiger partial charge in [-0.05, 0) is 46.6 Å². The van der Waals surface area contributed by atoms with Crippen molar-refractivity contribution in [2.24, 2.45) is 0 Å². The Morgan fingerprint density at radius 3 is 2.73 bits per heavy atom. The van der Waals surface area contributed by atoms with E-state index in [4.69, 9.17) is 9.84 Å². The van der Waals surface area contributed by atoms with E-state index in [0.717, 1.165) is 32.5 Å². The van der Waals surface area contributed by atoms with Gasteiger partial charge >= 0.3 is 0 Å². The standard InChI is InChI=1S/C12H25NO2/c1-11-9-13(7-5-4-6-8-14)12(2,3)10-15-11/h11,14H,4-10H2,1-3H3. The normalized spacial score (nSPS) is 26.8. The molecule has 0 aromatic rings. The monoisotopic (exact) mass is 215 g/mol. The number of nitrogens with zero attached hydrogens (tertiary/aromatic N) is 1. The summed E-state index contributed by atoms with van der Waals surface area (Å²) in [6, 6.07) is 0. The van der Waals surface area contributed by atoms with E-state index in [2.05, 4.69) is 25.7 Å². The number of ether oxygens (including phenoxy) is 1. The largest absolute Gasteiger partial charge is 0.396 e. The van der Waals surface area contributed by atoms with Crippen molar-refractivity contribution in [3.05, 3.63) is 0 Å². The molecule has 0 aliphatic carbocycles. The third-order valence-electron chi connectivity index (χ3n) is 3.14. The smallest absolute Gasteiger partial charge is 0.0675 e. The van der Waals surface area contributed by atoms with E-state index in [1.165, 1.54) is 6.42 Å². The van der Waals surface area contributed by atoms with Gasteiger partial charge in [0.25, 0.3) is 0 Å². The predicted octanol–water partition coefficient (Wildman–Crippen LogP) is 1.65. The molecule has 0 saturated carbocycles. The Balaban J connectivity index is 2.30. The molecule has 1 heterocycles. The highest BCUT2D eigenvalue weighted by molar-refractivity contribution is 4.86. The Kier molecular flexibility index (Phi) is 5.03. The molecule has 1 atom stereocenters. The highest BCUT2D eigenvalue weighted by Crippen LogP contribution is 2.22. The second-order valence-corrected chi connectivity index (χ2v) is 5.16. The van der Waals surface area contributed by atoms with Crippen molar-refractivity contribution in [3.8, 4) is 0 Å². The Bertz CT molecular complexity index is 182. The van der Waals surface area contributed by atoms with Crippen LogP contribution >= 0.6 is 0 Å². The maximum atomic E-state index is 8.71. The first kappa shape index (κ1) is 12.9. The molecule has 0 aromatic carbocycles. The highest BCUT2D eigenvalue weighted by atomic mass is 16.5. The molecule has 1 rings (SSSR count). The first-order valence-electron chi connectivity index (χ1n) is 6.04. The van der Waals surface area contributed by atoms with E-state index in [0.29, 0.717) is 12.7 Å². The van der Waals surface area contributed by atoms with Crippen molar-refractivity contribution in [2.45, 2.75) is 51.7 Å². The molecular weight excluding hydrogens is 190 g/mol. The topological polar surface area (TPSA) is 32.7 Å². The second-order valence-electron chi connectivity index (χ2n) is 5.16. The summed E-state index contributed by atoms with van der Waals surface area (Å²) in [5.41, 5.74) is 0.172. The molecule has 1 saturated heterocycles. The minimum absolute atomic E-state index is 0.172. The van der Waals surface area contributed by atoms with E-state index in [-0.39, 0.29) is 5.54 Å². The molecule has 0 aromatic heterocycles. The van der Waals surface area contributed by atoms with Gasteiger partial charge in [-0.1, -0.05) is 0 Å². The maximum absolute atomic E-state index is 8.71. The van der Waals surface area contributed by atoms with Gasteiger partial charge in [-0.15, -0.1) is 0 Å².